The molecule has 0 fully saturated rings. The van der Waals surface area contributed by atoms with Crippen LogP contribution < -0.4 is 4.74 Å². The fourth-order valence-corrected chi connectivity index (χ4v) is 2.93. The Morgan fingerprint density at radius 2 is 1.54 bits per heavy atom. The summed E-state index contributed by atoms with van der Waals surface area (Å²) in [6, 6.07) is 10.6. The first-order valence-electron chi connectivity index (χ1n) is 9.11. The lowest BCUT2D eigenvalue weighted by Gasteiger charge is -2.14. The van der Waals surface area contributed by atoms with Crippen molar-refractivity contribution < 1.29 is 23.9 Å². The van der Waals surface area contributed by atoms with Gasteiger partial charge in [0, 0.05) is 12.1 Å². The number of Topliss-reactive ketones (excluding diaryl/α,β-unsaturated/α-hetero) is 1. The lowest BCUT2D eigenvalue weighted by Crippen LogP contribution is -2.31. The third kappa shape index (κ3) is 3.86. The molecule has 1 aliphatic heterocycles. The third-order valence-electron chi connectivity index (χ3n) is 4.61. The normalized spacial score (nSPS) is 13.1. The van der Waals surface area contributed by atoms with Crippen LogP contribution in [0.15, 0.2) is 42.5 Å². The standard InChI is InChI=1S/C22H21NO5/c1-13(2)10-11-23-20(25)18-9-6-16(12-19(18)21(23)26)22(27)28-17-7-4-15(5-8-17)14(3)24/h4-9,12-13H,10-11H2,1-3H3. The number of amides is 2. The highest BCUT2D eigenvalue weighted by atomic mass is 16.5. The summed E-state index contributed by atoms with van der Waals surface area (Å²) in [5, 5.41) is 0. The second kappa shape index (κ2) is 7.76. The summed E-state index contributed by atoms with van der Waals surface area (Å²) in [7, 11) is 0. The minimum absolute atomic E-state index is 0.0818. The predicted molar refractivity (Wildman–Crippen MR) is 103 cm³/mol. The fraction of sp³-hybridized carbons (Fsp3) is 0.273. The number of hydrogen-bond donors (Lipinski definition) is 0. The molecule has 0 N–H and O–H groups in total. The molecule has 6 nitrogen and oxygen atoms in total. The largest absolute Gasteiger partial charge is 0.423 e. The molecule has 0 aliphatic carbocycles. The first-order chi connectivity index (χ1) is 13.3. The molecule has 0 bridgehead atoms. The van der Waals surface area contributed by atoms with Gasteiger partial charge in [-0.3, -0.25) is 19.3 Å². The minimum Gasteiger partial charge on any atom is -0.423 e. The van der Waals surface area contributed by atoms with Crippen LogP contribution in [0.3, 0.4) is 0 Å². The van der Waals surface area contributed by atoms with Crippen molar-refractivity contribution in [2.45, 2.75) is 27.2 Å². The molecule has 0 saturated carbocycles. The molecule has 3 rings (SSSR count). The number of imide groups is 1. The number of fused-ring (bicyclic) bond motifs is 1. The average Bonchev–Trinajstić information content (AvgIpc) is 2.90. The Bertz CT molecular complexity index is 959. The van der Waals surface area contributed by atoms with E-state index in [2.05, 4.69) is 0 Å². The van der Waals surface area contributed by atoms with Gasteiger partial charge < -0.3 is 4.74 Å². The van der Waals surface area contributed by atoms with E-state index >= 15 is 0 Å². The summed E-state index contributed by atoms with van der Waals surface area (Å²) in [4.78, 5) is 50.0. The zero-order valence-corrected chi connectivity index (χ0v) is 16.0. The molecule has 0 unspecified atom stereocenters. The number of ether oxygens (including phenoxy) is 1. The van der Waals surface area contributed by atoms with Crippen molar-refractivity contribution in [3.63, 3.8) is 0 Å². The van der Waals surface area contributed by atoms with Gasteiger partial charge in [0.1, 0.15) is 5.75 Å². The van der Waals surface area contributed by atoms with Crippen LogP contribution in [0.25, 0.3) is 0 Å². The van der Waals surface area contributed by atoms with Crippen LogP contribution >= 0.6 is 0 Å². The number of carbonyl (C=O) groups excluding carboxylic acids is 4. The Morgan fingerprint density at radius 3 is 2.14 bits per heavy atom. The highest BCUT2D eigenvalue weighted by Gasteiger charge is 2.35. The zero-order chi connectivity index (χ0) is 20.4. The van der Waals surface area contributed by atoms with Crippen LogP contribution in [-0.2, 0) is 0 Å². The van der Waals surface area contributed by atoms with Crippen LogP contribution in [-0.4, -0.2) is 35.0 Å². The van der Waals surface area contributed by atoms with Crippen LogP contribution in [0.2, 0.25) is 0 Å². The van der Waals surface area contributed by atoms with Gasteiger partial charge in [-0.25, -0.2) is 4.79 Å². The number of rotatable bonds is 6. The Kier molecular flexibility index (Phi) is 5.40. The van der Waals surface area contributed by atoms with Crippen LogP contribution in [0.4, 0.5) is 0 Å². The number of esters is 1. The first kappa shape index (κ1) is 19.5. The molecule has 6 heteroatoms. The smallest absolute Gasteiger partial charge is 0.343 e. The second-order valence-electron chi connectivity index (χ2n) is 7.17. The molecule has 0 radical (unpaired) electrons. The number of ketones is 1. The summed E-state index contributed by atoms with van der Waals surface area (Å²) in [6.07, 6.45) is 0.719. The predicted octanol–water partition coefficient (Wildman–Crippen LogP) is 3.75. The Balaban J connectivity index is 1.77. The molecule has 2 aromatic rings. The van der Waals surface area contributed by atoms with Gasteiger partial charge in [0.15, 0.2) is 5.78 Å². The molecule has 2 amide bonds. The van der Waals surface area contributed by atoms with E-state index in [1.807, 2.05) is 13.8 Å². The number of hydrogen-bond acceptors (Lipinski definition) is 5. The zero-order valence-electron chi connectivity index (χ0n) is 16.0. The summed E-state index contributed by atoms with van der Waals surface area (Å²) in [6.45, 7) is 5.85. The Labute approximate surface area is 163 Å². The molecule has 0 spiro atoms. The fourth-order valence-electron chi connectivity index (χ4n) is 2.93. The molecule has 1 aliphatic rings. The number of benzene rings is 2. The minimum atomic E-state index is -0.640. The van der Waals surface area contributed by atoms with Gasteiger partial charge in [0.05, 0.1) is 16.7 Å². The van der Waals surface area contributed by atoms with Crippen molar-refractivity contribution in [1.29, 1.82) is 0 Å². The molecule has 0 aromatic heterocycles. The van der Waals surface area contributed by atoms with Crippen molar-refractivity contribution in [3.8, 4) is 5.75 Å². The van der Waals surface area contributed by atoms with Gasteiger partial charge >= 0.3 is 5.97 Å². The van der Waals surface area contributed by atoms with Crippen molar-refractivity contribution in [2.75, 3.05) is 6.54 Å². The van der Waals surface area contributed by atoms with E-state index in [0.29, 0.717) is 23.6 Å². The van der Waals surface area contributed by atoms with E-state index < -0.39 is 5.97 Å². The number of carbonyl (C=O) groups is 4. The van der Waals surface area contributed by atoms with Gasteiger partial charge in [-0.05, 0) is 61.7 Å². The van der Waals surface area contributed by atoms with E-state index in [1.54, 1.807) is 12.1 Å². The van der Waals surface area contributed by atoms with Gasteiger partial charge in [-0.15, -0.1) is 0 Å². The van der Waals surface area contributed by atoms with Gasteiger partial charge in [0.2, 0.25) is 0 Å². The number of nitrogens with zero attached hydrogens (tertiary/aromatic N) is 1. The maximum absolute atomic E-state index is 12.6. The van der Waals surface area contributed by atoms with Gasteiger partial charge in [-0.1, -0.05) is 13.8 Å². The highest BCUT2D eigenvalue weighted by molar-refractivity contribution is 6.22. The van der Waals surface area contributed by atoms with Crippen molar-refractivity contribution in [2.24, 2.45) is 5.92 Å². The second-order valence-corrected chi connectivity index (χ2v) is 7.17. The topological polar surface area (TPSA) is 80.8 Å². The van der Waals surface area contributed by atoms with E-state index in [-0.39, 0.29) is 34.5 Å². The van der Waals surface area contributed by atoms with Crippen LogP contribution in [0.1, 0.15) is 68.6 Å². The average molecular weight is 379 g/mol. The highest BCUT2D eigenvalue weighted by Crippen LogP contribution is 2.25. The molecular formula is C22H21NO5. The van der Waals surface area contributed by atoms with Crippen molar-refractivity contribution in [3.05, 3.63) is 64.7 Å². The van der Waals surface area contributed by atoms with Gasteiger partial charge in [-0.2, -0.15) is 0 Å². The summed E-state index contributed by atoms with van der Waals surface area (Å²) in [5.41, 5.74) is 1.22. The monoisotopic (exact) mass is 379 g/mol. The molecule has 1 heterocycles. The van der Waals surface area contributed by atoms with E-state index in [1.165, 1.54) is 42.2 Å². The maximum Gasteiger partial charge on any atom is 0.343 e. The van der Waals surface area contributed by atoms with E-state index in [4.69, 9.17) is 4.74 Å². The SMILES string of the molecule is CC(=O)c1ccc(OC(=O)c2ccc3c(c2)C(=O)N(CCC(C)C)C3=O)cc1. The first-order valence-corrected chi connectivity index (χ1v) is 9.11. The summed E-state index contributed by atoms with van der Waals surface area (Å²) >= 11 is 0. The summed E-state index contributed by atoms with van der Waals surface area (Å²) < 4.78 is 5.30. The Morgan fingerprint density at radius 1 is 0.929 bits per heavy atom. The quantitative estimate of drug-likeness (QED) is 0.330. The lowest BCUT2D eigenvalue weighted by molar-refractivity contribution is 0.0646. The molecule has 28 heavy (non-hydrogen) atoms. The van der Waals surface area contributed by atoms with Crippen molar-refractivity contribution >= 4 is 23.6 Å². The molecule has 0 atom stereocenters. The molecule has 0 saturated heterocycles. The maximum atomic E-state index is 12.6. The third-order valence-corrected chi connectivity index (χ3v) is 4.61. The van der Waals surface area contributed by atoms with Crippen LogP contribution in [0.5, 0.6) is 5.75 Å². The van der Waals surface area contributed by atoms with Crippen molar-refractivity contribution in [1.82, 2.24) is 4.90 Å². The molecule has 144 valence electrons. The molecule has 2 aromatic carbocycles. The van der Waals surface area contributed by atoms with Gasteiger partial charge in [0.25, 0.3) is 11.8 Å². The Hall–Kier alpha value is -3.28. The van der Waals surface area contributed by atoms with E-state index in [9.17, 15) is 19.2 Å². The lowest BCUT2D eigenvalue weighted by atomic mass is 10.1. The summed E-state index contributed by atoms with van der Waals surface area (Å²) in [5.74, 6) is -0.789. The van der Waals surface area contributed by atoms with Crippen LogP contribution in [0, 0.1) is 5.92 Å². The molecular weight excluding hydrogens is 358 g/mol. The van der Waals surface area contributed by atoms with E-state index in [0.717, 1.165) is 6.42 Å².